The molecule has 1 saturated carbocycles. The molecule has 0 radical (unpaired) electrons. The second-order valence-corrected chi connectivity index (χ2v) is 6.22. The fraction of sp³-hybridized carbons (Fsp3) is 0.579. The van der Waals surface area contributed by atoms with Gasteiger partial charge < -0.3 is 15.4 Å². The van der Waals surface area contributed by atoms with E-state index in [9.17, 15) is 9.59 Å². The molecule has 2 rings (SSSR count). The highest BCUT2D eigenvalue weighted by Gasteiger charge is 2.24. The van der Waals surface area contributed by atoms with Gasteiger partial charge >= 0.3 is 0 Å². The summed E-state index contributed by atoms with van der Waals surface area (Å²) in [5.41, 5.74) is 1.88. The number of ether oxygens (including phenoxy) is 1. The minimum Gasteiger partial charge on any atom is -0.365 e. The summed E-state index contributed by atoms with van der Waals surface area (Å²) in [6, 6.07) is 7.69. The Hall–Kier alpha value is -1.88. The summed E-state index contributed by atoms with van der Waals surface area (Å²) in [4.78, 5) is 24.3. The fourth-order valence-corrected chi connectivity index (χ4v) is 3.03. The number of amides is 2. The lowest BCUT2D eigenvalue weighted by Crippen LogP contribution is -2.41. The third kappa shape index (κ3) is 5.34. The molecular formula is C19H28N2O3. The largest absolute Gasteiger partial charge is 0.365 e. The van der Waals surface area contributed by atoms with Crippen molar-refractivity contribution < 1.29 is 14.3 Å². The van der Waals surface area contributed by atoms with Crippen molar-refractivity contribution in [2.75, 3.05) is 11.9 Å². The van der Waals surface area contributed by atoms with Crippen LogP contribution in [0.1, 0.15) is 51.5 Å². The van der Waals surface area contributed by atoms with E-state index in [1.54, 1.807) is 0 Å². The van der Waals surface area contributed by atoms with Crippen molar-refractivity contribution in [3.05, 3.63) is 29.8 Å². The predicted octanol–water partition coefficient (Wildman–Crippen LogP) is 3.04. The van der Waals surface area contributed by atoms with Crippen LogP contribution in [0.2, 0.25) is 0 Å². The Labute approximate surface area is 144 Å². The molecule has 1 atom stereocenters. The van der Waals surface area contributed by atoms with Gasteiger partial charge in [0, 0.05) is 5.69 Å². The standard InChI is InChI=1S/C19H28N2O3/c1-3-14-9-5-8-12-16(14)21-18(22)13-20-19(23)17(4-2)24-15-10-6-7-11-15/h5,8-9,12,15,17H,3-4,6-7,10-11,13H2,1-2H3,(H,20,23)(H,21,22)/t17-/m0/s1. The van der Waals surface area contributed by atoms with E-state index in [0.717, 1.165) is 30.5 Å². The maximum atomic E-state index is 12.2. The Morgan fingerprint density at radius 1 is 1.21 bits per heavy atom. The lowest BCUT2D eigenvalue weighted by molar-refractivity contribution is -0.137. The van der Waals surface area contributed by atoms with E-state index in [1.165, 1.54) is 12.8 Å². The highest BCUT2D eigenvalue weighted by atomic mass is 16.5. The van der Waals surface area contributed by atoms with Crippen LogP contribution in [0.4, 0.5) is 5.69 Å². The zero-order valence-electron chi connectivity index (χ0n) is 14.6. The van der Waals surface area contributed by atoms with Crippen LogP contribution < -0.4 is 10.6 Å². The van der Waals surface area contributed by atoms with Gasteiger partial charge in [-0.2, -0.15) is 0 Å². The number of hydrogen-bond acceptors (Lipinski definition) is 3. The van der Waals surface area contributed by atoms with Crippen LogP contribution in [-0.2, 0) is 20.7 Å². The van der Waals surface area contributed by atoms with Crippen LogP contribution in [0.3, 0.4) is 0 Å². The summed E-state index contributed by atoms with van der Waals surface area (Å²) < 4.78 is 5.87. The van der Waals surface area contributed by atoms with E-state index >= 15 is 0 Å². The molecule has 0 aromatic heterocycles. The van der Waals surface area contributed by atoms with Crippen LogP contribution >= 0.6 is 0 Å². The third-order valence-corrected chi connectivity index (χ3v) is 4.42. The van der Waals surface area contributed by atoms with Gasteiger partial charge in [-0.15, -0.1) is 0 Å². The first-order valence-electron chi connectivity index (χ1n) is 8.95. The topological polar surface area (TPSA) is 67.4 Å². The maximum Gasteiger partial charge on any atom is 0.249 e. The van der Waals surface area contributed by atoms with Crippen LogP contribution in [-0.4, -0.2) is 30.6 Å². The zero-order valence-corrected chi connectivity index (χ0v) is 14.6. The molecule has 132 valence electrons. The smallest absolute Gasteiger partial charge is 0.249 e. The van der Waals surface area contributed by atoms with Gasteiger partial charge in [-0.1, -0.05) is 44.9 Å². The average Bonchev–Trinajstić information content (AvgIpc) is 3.11. The number of carbonyl (C=O) groups excluding carboxylic acids is 2. The van der Waals surface area contributed by atoms with Crippen molar-refractivity contribution in [2.45, 2.75) is 64.6 Å². The number of rotatable bonds is 8. The number of para-hydroxylation sites is 1. The number of carbonyl (C=O) groups is 2. The van der Waals surface area contributed by atoms with E-state index in [2.05, 4.69) is 10.6 Å². The summed E-state index contributed by atoms with van der Waals surface area (Å²) in [7, 11) is 0. The molecule has 1 fully saturated rings. The van der Waals surface area contributed by atoms with Gasteiger partial charge in [0.15, 0.2) is 0 Å². The van der Waals surface area contributed by atoms with E-state index in [4.69, 9.17) is 4.74 Å². The van der Waals surface area contributed by atoms with Gasteiger partial charge in [0.1, 0.15) is 6.10 Å². The lowest BCUT2D eigenvalue weighted by atomic mass is 10.1. The van der Waals surface area contributed by atoms with Crippen molar-refractivity contribution >= 4 is 17.5 Å². The van der Waals surface area contributed by atoms with Gasteiger partial charge in [-0.05, 0) is 37.3 Å². The van der Waals surface area contributed by atoms with E-state index in [0.29, 0.717) is 6.42 Å². The van der Waals surface area contributed by atoms with Gasteiger partial charge in [0.2, 0.25) is 11.8 Å². The second kappa shape index (κ2) is 9.42. The van der Waals surface area contributed by atoms with Gasteiger partial charge in [-0.3, -0.25) is 9.59 Å². The van der Waals surface area contributed by atoms with E-state index < -0.39 is 6.10 Å². The number of nitrogens with one attached hydrogen (secondary N) is 2. The summed E-state index contributed by atoms with van der Waals surface area (Å²) in [6.07, 6.45) is 5.56. The predicted molar refractivity (Wildman–Crippen MR) is 94.9 cm³/mol. The SMILES string of the molecule is CCc1ccccc1NC(=O)CNC(=O)[C@H](CC)OC1CCCC1. The molecule has 2 N–H and O–H groups in total. The van der Waals surface area contributed by atoms with Gasteiger partial charge in [0.05, 0.1) is 12.6 Å². The Bertz CT molecular complexity index is 553. The van der Waals surface area contributed by atoms with Crippen molar-refractivity contribution in [3.63, 3.8) is 0 Å². The Morgan fingerprint density at radius 3 is 2.58 bits per heavy atom. The van der Waals surface area contributed by atoms with Crippen molar-refractivity contribution in [1.29, 1.82) is 0 Å². The third-order valence-electron chi connectivity index (χ3n) is 4.42. The van der Waals surface area contributed by atoms with Crippen LogP contribution in [0, 0.1) is 0 Å². The molecule has 1 aromatic carbocycles. The molecule has 1 aromatic rings. The summed E-state index contributed by atoms with van der Waals surface area (Å²) in [5, 5.41) is 5.54. The summed E-state index contributed by atoms with van der Waals surface area (Å²) >= 11 is 0. The van der Waals surface area contributed by atoms with Crippen LogP contribution in [0.5, 0.6) is 0 Å². The molecule has 0 bridgehead atoms. The second-order valence-electron chi connectivity index (χ2n) is 6.22. The number of hydrogen-bond donors (Lipinski definition) is 2. The Balaban J connectivity index is 1.80. The first-order valence-corrected chi connectivity index (χ1v) is 8.95. The van der Waals surface area contributed by atoms with Crippen molar-refractivity contribution in [1.82, 2.24) is 5.32 Å². The minimum absolute atomic E-state index is 0.0403. The molecule has 5 nitrogen and oxygen atoms in total. The quantitative estimate of drug-likeness (QED) is 0.769. The molecule has 0 saturated heterocycles. The number of aryl methyl sites for hydroxylation is 1. The monoisotopic (exact) mass is 332 g/mol. The molecule has 0 aliphatic heterocycles. The molecule has 1 aliphatic rings. The molecule has 24 heavy (non-hydrogen) atoms. The minimum atomic E-state index is -0.469. The lowest BCUT2D eigenvalue weighted by Gasteiger charge is -2.20. The average molecular weight is 332 g/mol. The van der Waals surface area contributed by atoms with E-state index in [-0.39, 0.29) is 24.5 Å². The van der Waals surface area contributed by atoms with Crippen molar-refractivity contribution in [2.24, 2.45) is 0 Å². The Kier molecular flexibility index (Phi) is 7.25. The van der Waals surface area contributed by atoms with Crippen molar-refractivity contribution in [3.8, 4) is 0 Å². The normalized spacial score (nSPS) is 15.9. The summed E-state index contributed by atoms with van der Waals surface area (Å²) in [5.74, 6) is -0.428. The van der Waals surface area contributed by atoms with Gasteiger partial charge in [-0.25, -0.2) is 0 Å². The number of anilines is 1. The van der Waals surface area contributed by atoms with Crippen LogP contribution in [0.25, 0.3) is 0 Å². The molecule has 5 heteroatoms. The highest BCUT2D eigenvalue weighted by Crippen LogP contribution is 2.23. The zero-order chi connectivity index (χ0) is 17.4. The molecular weight excluding hydrogens is 304 g/mol. The fourth-order valence-electron chi connectivity index (χ4n) is 3.03. The molecule has 2 amide bonds. The summed E-state index contributed by atoms with van der Waals surface area (Å²) in [6.45, 7) is 3.93. The maximum absolute atomic E-state index is 12.2. The molecule has 0 unspecified atom stereocenters. The highest BCUT2D eigenvalue weighted by molar-refractivity contribution is 5.95. The van der Waals surface area contributed by atoms with E-state index in [1.807, 2.05) is 38.1 Å². The Morgan fingerprint density at radius 2 is 1.92 bits per heavy atom. The first-order chi connectivity index (χ1) is 11.6. The molecule has 0 heterocycles. The first kappa shape index (κ1) is 18.5. The molecule has 1 aliphatic carbocycles. The molecule has 0 spiro atoms. The van der Waals surface area contributed by atoms with Gasteiger partial charge in [0.25, 0.3) is 0 Å². The number of benzene rings is 1. The van der Waals surface area contributed by atoms with Crippen LogP contribution in [0.15, 0.2) is 24.3 Å².